The van der Waals surface area contributed by atoms with Gasteiger partial charge in [0.1, 0.15) is 11.4 Å². The summed E-state index contributed by atoms with van der Waals surface area (Å²) in [7, 11) is 0. The molecule has 5 heteroatoms. The van der Waals surface area contributed by atoms with Crippen molar-refractivity contribution in [2.75, 3.05) is 6.61 Å². The van der Waals surface area contributed by atoms with Crippen molar-refractivity contribution in [2.45, 2.75) is 64.5 Å². The minimum absolute atomic E-state index is 0.0565. The maximum atomic E-state index is 12.2. The number of hydrogen-bond acceptors (Lipinski definition) is 4. The van der Waals surface area contributed by atoms with E-state index in [2.05, 4.69) is 15.3 Å². The SMILES string of the molecule is Cc1nc(CNC(=O)[C@@]2(C)CCCO2)nc2c1CCCC2. The van der Waals surface area contributed by atoms with E-state index >= 15 is 0 Å². The van der Waals surface area contributed by atoms with Crippen LogP contribution in [0.5, 0.6) is 0 Å². The third-order valence-corrected chi connectivity index (χ3v) is 4.54. The van der Waals surface area contributed by atoms with Crippen LogP contribution in [0.2, 0.25) is 0 Å². The molecule has 0 unspecified atom stereocenters. The van der Waals surface area contributed by atoms with Gasteiger partial charge in [-0.25, -0.2) is 9.97 Å². The Morgan fingerprint density at radius 3 is 2.86 bits per heavy atom. The molecule has 1 fully saturated rings. The van der Waals surface area contributed by atoms with Crippen LogP contribution in [-0.2, 0) is 28.9 Å². The van der Waals surface area contributed by atoms with Crippen LogP contribution in [0.4, 0.5) is 0 Å². The average molecular weight is 289 g/mol. The Labute approximate surface area is 125 Å². The number of nitrogens with zero attached hydrogens (tertiary/aromatic N) is 2. The molecule has 1 amide bonds. The van der Waals surface area contributed by atoms with Crippen LogP contribution in [-0.4, -0.2) is 28.1 Å². The Kier molecular flexibility index (Phi) is 3.93. The molecule has 2 aliphatic rings. The summed E-state index contributed by atoms with van der Waals surface area (Å²) in [4.78, 5) is 21.4. The second kappa shape index (κ2) is 5.72. The van der Waals surface area contributed by atoms with Gasteiger partial charge in [-0.3, -0.25) is 4.79 Å². The van der Waals surface area contributed by atoms with Gasteiger partial charge in [-0.1, -0.05) is 0 Å². The topological polar surface area (TPSA) is 64.1 Å². The van der Waals surface area contributed by atoms with Crippen molar-refractivity contribution in [2.24, 2.45) is 0 Å². The molecule has 0 bridgehead atoms. The molecular weight excluding hydrogens is 266 g/mol. The fraction of sp³-hybridized carbons (Fsp3) is 0.688. The Bertz CT molecular complexity index is 551. The van der Waals surface area contributed by atoms with Gasteiger partial charge < -0.3 is 10.1 Å². The van der Waals surface area contributed by atoms with E-state index in [1.54, 1.807) is 0 Å². The van der Waals surface area contributed by atoms with Crippen LogP contribution in [0, 0.1) is 6.92 Å². The molecule has 1 aliphatic heterocycles. The summed E-state index contributed by atoms with van der Waals surface area (Å²) in [5.41, 5.74) is 2.86. The molecule has 1 saturated heterocycles. The number of aromatic nitrogens is 2. The third-order valence-electron chi connectivity index (χ3n) is 4.54. The van der Waals surface area contributed by atoms with E-state index in [0.717, 1.165) is 31.4 Å². The molecule has 0 aromatic carbocycles. The first-order chi connectivity index (χ1) is 10.1. The monoisotopic (exact) mass is 289 g/mol. The molecule has 2 heterocycles. The van der Waals surface area contributed by atoms with Gasteiger partial charge in [-0.2, -0.15) is 0 Å². The zero-order valence-electron chi connectivity index (χ0n) is 12.9. The first-order valence-electron chi connectivity index (χ1n) is 7.86. The number of nitrogens with one attached hydrogen (secondary N) is 1. The van der Waals surface area contributed by atoms with Crippen molar-refractivity contribution in [3.63, 3.8) is 0 Å². The molecule has 1 aliphatic carbocycles. The summed E-state index contributed by atoms with van der Waals surface area (Å²) in [5, 5.41) is 2.93. The first-order valence-corrected chi connectivity index (χ1v) is 7.86. The zero-order valence-corrected chi connectivity index (χ0v) is 12.9. The fourth-order valence-corrected chi connectivity index (χ4v) is 3.23. The largest absolute Gasteiger partial charge is 0.365 e. The quantitative estimate of drug-likeness (QED) is 0.922. The molecule has 0 spiro atoms. The van der Waals surface area contributed by atoms with Gasteiger partial charge in [0.2, 0.25) is 0 Å². The lowest BCUT2D eigenvalue weighted by Crippen LogP contribution is -2.43. The van der Waals surface area contributed by atoms with Gasteiger partial charge in [0.05, 0.1) is 6.54 Å². The van der Waals surface area contributed by atoms with E-state index in [9.17, 15) is 4.79 Å². The van der Waals surface area contributed by atoms with Gasteiger partial charge >= 0.3 is 0 Å². The lowest BCUT2D eigenvalue weighted by molar-refractivity contribution is -0.139. The van der Waals surface area contributed by atoms with E-state index in [1.807, 2.05) is 13.8 Å². The number of fused-ring (bicyclic) bond motifs is 1. The van der Waals surface area contributed by atoms with Crippen LogP contribution < -0.4 is 5.32 Å². The number of hydrogen-bond donors (Lipinski definition) is 1. The van der Waals surface area contributed by atoms with Crippen molar-refractivity contribution < 1.29 is 9.53 Å². The van der Waals surface area contributed by atoms with Crippen LogP contribution in [0.1, 0.15) is 55.4 Å². The molecule has 3 rings (SSSR count). The van der Waals surface area contributed by atoms with Crippen LogP contribution in [0.3, 0.4) is 0 Å². The Morgan fingerprint density at radius 1 is 1.29 bits per heavy atom. The van der Waals surface area contributed by atoms with Crippen LogP contribution in [0.15, 0.2) is 0 Å². The average Bonchev–Trinajstić information content (AvgIpc) is 2.93. The number of aryl methyl sites for hydroxylation is 2. The van der Waals surface area contributed by atoms with Gasteiger partial charge in [0, 0.05) is 18.0 Å². The highest BCUT2D eigenvalue weighted by Gasteiger charge is 2.37. The minimum atomic E-state index is -0.677. The van der Waals surface area contributed by atoms with Gasteiger partial charge in [0.25, 0.3) is 5.91 Å². The molecule has 0 radical (unpaired) electrons. The van der Waals surface area contributed by atoms with Crippen molar-refractivity contribution in [1.29, 1.82) is 0 Å². The smallest absolute Gasteiger partial charge is 0.252 e. The molecule has 1 N–H and O–H groups in total. The van der Waals surface area contributed by atoms with Gasteiger partial charge in [-0.05, 0) is 57.9 Å². The summed E-state index contributed by atoms with van der Waals surface area (Å²) in [5.74, 6) is 0.655. The maximum absolute atomic E-state index is 12.2. The first kappa shape index (κ1) is 14.4. The second-order valence-corrected chi connectivity index (χ2v) is 6.22. The molecule has 0 saturated carbocycles. The number of ether oxygens (including phenoxy) is 1. The normalized spacial score (nSPS) is 24.7. The van der Waals surface area contributed by atoms with Crippen LogP contribution >= 0.6 is 0 Å². The molecule has 21 heavy (non-hydrogen) atoms. The Balaban J connectivity index is 1.68. The highest BCUT2D eigenvalue weighted by Crippen LogP contribution is 2.25. The van der Waals surface area contributed by atoms with Gasteiger partial charge in [-0.15, -0.1) is 0 Å². The molecule has 1 atom stereocenters. The number of carbonyl (C=O) groups excluding carboxylic acids is 1. The standard InChI is InChI=1S/C16H23N3O2/c1-11-12-6-3-4-7-13(12)19-14(18-11)10-17-15(20)16(2)8-5-9-21-16/h3-10H2,1-2H3,(H,17,20)/t16-/m1/s1. The lowest BCUT2D eigenvalue weighted by atomic mass is 9.95. The second-order valence-electron chi connectivity index (χ2n) is 6.22. The van der Waals surface area contributed by atoms with E-state index in [1.165, 1.54) is 24.1 Å². The highest BCUT2D eigenvalue weighted by atomic mass is 16.5. The van der Waals surface area contributed by atoms with Gasteiger partial charge in [0.15, 0.2) is 0 Å². The highest BCUT2D eigenvalue weighted by molar-refractivity contribution is 5.84. The third kappa shape index (κ3) is 2.93. The van der Waals surface area contributed by atoms with Crippen molar-refractivity contribution >= 4 is 5.91 Å². The number of amides is 1. The molecular formula is C16H23N3O2. The van der Waals surface area contributed by atoms with E-state index in [0.29, 0.717) is 19.0 Å². The zero-order chi connectivity index (χ0) is 14.9. The van der Waals surface area contributed by atoms with E-state index in [-0.39, 0.29) is 5.91 Å². The minimum Gasteiger partial charge on any atom is -0.365 e. The Morgan fingerprint density at radius 2 is 2.10 bits per heavy atom. The van der Waals surface area contributed by atoms with E-state index in [4.69, 9.17) is 4.74 Å². The molecule has 114 valence electrons. The summed E-state index contributed by atoms with van der Waals surface area (Å²) in [6, 6.07) is 0. The fourth-order valence-electron chi connectivity index (χ4n) is 3.23. The maximum Gasteiger partial charge on any atom is 0.252 e. The van der Waals surface area contributed by atoms with Crippen LogP contribution in [0.25, 0.3) is 0 Å². The molecule has 1 aromatic rings. The molecule has 1 aromatic heterocycles. The van der Waals surface area contributed by atoms with Crippen molar-refractivity contribution in [1.82, 2.24) is 15.3 Å². The van der Waals surface area contributed by atoms with E-state index < -0.39 is 5.60 Å². The summed E-state index contributed by atoms with van der Waals surface area (Å²) >= 11 is 0. The summed E-state index contributed by atoms with van der Waals surface area (Å²) < 4.78 is 5.55. The predicted molar refractivity (Wildman–Crippen MR) is 78.8 cm³/mol. The lowest BCUT2D eigenvalue weighted by Gasteiger charge is -2.22. The predicted octanol–water partition coefficient (Wildman–Crippen LogP) is 1.85. The number of rotatable bonds is 3. The Hall–Kier alpha value is -1.49. The number of carbonyl (C=O) groups is 1. The van der Waals surface area contributed by atoms with Crippen molar-refractivity contribution in [3.8, 4) is 0 Å². The molecule has 5 nitrogen and oxygen atoms in total. The summed E-state index contributed by atoms with van der Waals surface area (Å²) in [6.45, 7) is 4.94. The van der Waals surface area contributed by atoms with Crippen molar-refractivity contribution in [3.05, 3.63) is 22.8 Å². The summed E-state index contributed by atoms with van der Waals surface area (Å²) in [6.07, 6.45) is 6.26.